The van der Waals surface area contributed by atoms with Gasteiger partial charge in [0, 0.05) is 57.8 Å². The van der Waals surface area contributed by atoms with E-state index >= 15 is 0 Å². The first-order chi connectivity index (χ1) is 34.2. The summed E-state index contributed by atoms with van der Waals surface area (Å²) in [7, 11) is 0. The largest absolute Gasteiger partial charge is 0.255 e. The molecule has 2 aliphatic carbocycles. The van der Waals surface area contributed by atoms with E-state index in [9.17, 15) is 0 Å². The minimum atomic E-state index is -0.448. The zero-order valence-corrected chi connectivity index (χ0v) is 36.9. The molecule has 0 aliphatic heterocycles. The van der Waals surface area contributed by atoms with Crippen LogP contribution in [0.25, 0.3) is 112 Å². The molecule has 0 atom stereocenters. The lowest BCUT2D eigenvalue weighted by molar-refractivity contribution is 0.795. The molecule has 6 heterocycles. The molecular formula is C61H36N8. The highest BCUT2D eigenvalue weighted by atomic mass is 15.0. The van der Waals surface area contributed by atoms with Gasteiger partial charge < -0.3 is 0 Å². The van der Waals surface area contributed by atoms with Gasteiger partial charge in [-0.1, -0.05) is 127 Å². The summed E-state index contributed by atoms with van der Waals surface area (Å²) in [5.41, 5.74) is 18.2. The van der Waals surface area contributed by atoms with Crippen LogP contribution in [0.4, 0.5) is 0 Å². The molecule has 0 saturated heterocycles. The predicted molar refractivity (Wildman–Crippen MR) is 273 cm³/mol. The fraction of sp³-hybridized carbons (Fsp3) is 0.0164. The molecule has 2 aliphatic rings. The van der Waals surface area contributed by atoms with Gasteiger partial charge in [-0.05, 0) is 117 Å². The second-order valence-electron chi connectivity index (χ2n) is 17.5. The molecule has 14 rings (SSSR count). The molecule has 6 aromatic heterocycles. The Labute approximate surface area is 396 Å². The van der Waals surface area contributed by atoms with Crippen LogP contribution in [-0.2, 0) is 5.41 Å². The number of rotatable bonds is 6. The molecule has 12 aromatic rings. The fourth-order valence-electron chi connectivity index (χ4n) is 10.7. The first-order valence-corrected chi connectivity index (χ1v) is 23.0. The van der Waals surface area contributed by atoms with Crippen molar-refractivity contribution in [2.24, 2.45) is 0 Å². The zero-order chi connectivity index (χ0) is 45.5. The number of para-hydroxylation sites is 1. The number of hydrogen-bond acceptors (Lipinski definition) is 8. The summed E-state index contributed by atoms with van der Waals surface area (Å²) in [5.74, 6) is 1.52. The summed E-state index contributed by atoms with van der Waals surface area (Å²) < 4.78 is 0. The summed E-state index contributed by atoms with van der Waals surface area (Å²) in [4.78, 5) is 39.0. The number of pyridine rings is 5. The van der Waals surface area contributed by atoms with Crippen LogP contribution in [0, 0.1) is 0 Å². The number of nitrogens with zero attached hydrogens (tertiary/aromatic N) is 8. The van der Waals surface area contributed by atoms with Crippen molar-refractivity contribution in [3.8, 4) is 90.5 Å². The van der Waals surface area contributed by atoms with Crippen molar-refractivity contribution in [2.45, 2.75) is 5.41 Å². The third kappa shape index (κ3) is 6.02. The van der Waals surface area contributed by atoms with Gasteiger partial charge >= 0.3 is 0 Å². The van der Waals surface area contributed by atoms with Crippen molar-refractivity contribution < 1.29 is 0 Å². The highest BCUT2D eigenvalue weighted by Crippen LogP contribution is 2.63. The van der Waals surface area contributed by atoms with Crippen molar-refractivity contribution >= 4 is 21.7 Å². The van der Waals surface area contributed by atoms with Crippen molar-refractivity contribution in [1.29, 1.82) is 0 Å². The standard InChI is InChI=1S/C61H36N8/c1-5-17-48-41(13-1)42-14-2-6-18-49(42)61(48)50-19-7-3-15-43(50)46-33-47-45(34-51(46)61)44-16-4-8-20-52(44)66-57(47)37-23-25-38(26-24-37)58-67-59(39-27-29-55(64-35-39)53-21-9-11-31-62-53)69-60(68-58)40-28-30-56(65-36-40)54-22-10-12-32-63-54/h1-36H. The summed E-state index contributed by atoms with van der Waals surface area (Å²) >= 11 is 0. The van der Waals surface area contributed by atoms with Crippen LogP contribution in [0.3, 0.4) is 0 Å². The Morgan fingerprint density at radius 1 is 0.290 bits per heavy atom. The quantitative estimate of drug-likeness (QED) is 0.152. The highest BCUT2D eigenvalue weighted by Gasteiger charge is 2.51. The van der Waals surface area contributed by atoms with E-state index in [0.717, 1.165) is 67.0 Å². The monoisotopic (exact) mass is 880 g/mol. The Morgan fingerprint density at radius 3 is 1.29 bits per heavy atom. The van der Waals surface area contributed by atoms with Gasteiger partial charge in [-0.25, -0.2) is 19.9 Å². The van der Waals surface area contributed by atoms with Crippen LogP contribution < -0.4 is 0 Å². The van der Waals surface area contributed by atoms with E-state index < -0.39 is 5.41 Å². The van der Waals surface area contributed by atoms with Gasteiger partial charge in [0.1, 0.15) is 0 Å². The Kier molecular flexibility index (Phi) is 8.63. The first-order valence-electron chi connectivity index (χ1n) is 23.0. The number of fused-ring (bicyclic) bond motifs is 13. The molecule has 69 heavy (non-hydrogen) atoms. The van der Waals surface area contributed by atoms with Gasteiger partial charge in [-0.3, -0.25) is 19.9 Å². The average molecular weight is 881 g/mol. The summed E-state index contributed by atoms with van der Waals surface area (Å²) in [5, 5.41) is 3.39. The van der Waals surface area contributed by atoms with Crippen molar-refractivity contribution in [1.82, 2.24) is 39.9 Å². The molecule has 0 saturated carbocycles. The minimum Gasteiger partial charge on any atom is -0.255 e. The molecule has 0 bridgehead atoms. The summed E-state index contributed by atoms with van der Waals surface area (Å²) in [6, 6.07) is 68.1. The third-order valence-corrected chi connectivity index (χ3v) is 13.8. The van der Waals surface area contributed by atoms with Crippen LogP contribution in [0.5, 0.6) is 0 Å². The van der Waals surface area contributed by atoms with Gasteiger partial charge in [0.15, 0.2) is 17.5 Å². The van der Waals surface area contributed by atoms with E-state index in [0.29, 0.717) is 17.5 Å². The average Bonchev–Trinajstić information content (AvgIpc) is 3.90. The van der Waals surface area contributed by atoms with E-state index in [1.54, 1.807) is 24.8 Å². The molecule has 6 aromatic carbocycles. The van der Waals surface area contributed by atoms with Gasteiger partial charge in [-0.15, -0.1) is 0 Å². The maximum atomic E-state index is 5.42. The second-order valence-corrected chi connectivity index (χ2v) is 17.5. The van der Waals surface area contributed by atoms with E-state index in [1.165, 1.54) is 49.9 Å². The normalized spacial score (nSPS) is 12.8. The van der Waals surface area contributed by atoms with Crippen LogP contribution in [0.1, 0.15) is 22.3 Å². The van der Waals surface area contributed by atoms with Crippen molar-refractivity contribution in [3.05, 3.63) is 241 Å². The predicted octanol–water partition coefficient (Wildman–Crippen LogP) is 13.5. The Morgan fingerprint density at radius 2 is 0.754 bits per heavy atom. The highest BCUT2D eigenvalue weighted by molar-refractivity contribution is 6.14. The lowest BCUT2D eigenvalue weighted by Gasteiger charge is -2.30. The second kappa shape index (κ2) is 15.3. The van der Waals surface area contributed by atoms with E-state index in [4.69, 9.17) is 29.9 Å². The first kappa shape index (κ1) is 38.8. The topological polar surface area (TPSA) is 103 Å². The van der Waals surface area contributed by atoms with E-state index in [-0.39, 0.29) is 0 Å². The Balaban J connectivity index is 0.912. The molecule has 0 radical (unpaired) electrons. The van der Waals surface area contributed by atoms with Crippen LogP contribution in [0.15, 0.2) is 219 Å². The molecule has 0 fully saturated rings. The van der Waals surface area contributed by atoms with Gasteiger partial charge in [0.05, 0.1) is 39.4 Å². The van der Waals surface area contributed by atoms with Gasteiger partial charge in [-0.2, -0.15) is 0 Å². The third-order valence-electron chi connectivity index (χ3n) is 13.8. The molecule has 320 valence electrons. The lowest BCUT2D eigenvalue weighted by atomic mass is 9.70. The van der Waals surface area contributed by atoms with Crippen molar-refractivity contribution in [2.75, 3.05) is 0 Å². The van der Waals surface area contributed by atoms with E-state index in [1.807, 2.05) is 60.7 Å². The molecule has 0 unspecified atom stereocenters. The minimum absolute atomic E-state index is 0.448. The molecule has 8 nitrogen and oxygen atoms in total. The molecule has 1 spiro atoms. The molecule has 0 N–H and O–H groups in total. The van der Waals surface area contributed by atoms with Crippen LogP contribution >= 0.6 is 0 Å². The number of hydrogen-bond donors (Lipinski definition) is 0. The van der Waals surface area contributed by atoms with Gasteiger partial charge in [0.2, 0.25) is 0 Å². The fourth-order valence-corrected chi connectivity index (χ4v) is 10.7. The maximum absolute atomic E-state index is 5.42. The Hall–Kier alpha value is -9.40. The zero-order valence-electron chi connectivity index (χ0n) is 36.9. The summed E-state index contributed by atoms with van der Waals surface area (Å²) in [6.07, 6.45) is 7.11. The van der Waals surface area contributed by atoms with E-state index in [2.05, 4.69) is 143 Å². The van der Waals surface area contributed by atoms with Crippen LogP contribution in [0.2, 0.25) is 0 Å². The molecular weight excluding hydrogens is 845 g/mol. The SMILES string of the molecule is c1ccc(-c2ccc(-c3nc(-c4ccc(-c5nc6ccccc6c6cc7c(cc56)-c5ccccc5C75c6ccccc6-c6ccccc65)cc4)nc(-c4ccc(-c5ccccn5)nc4)n3)cn2)nc1. The smallest absolute Gasteiger partial charge is 0.165 e. The number of aromatic nitrogens is 8. The summed E-state index contributed by atoms with van der Waals surface area (Å²) in [6.45, 7) is 0. The lowest BCUT2D eigenvalue weighted by Crippen LogP contribution is -2.25. The van der Waals surface area contributed by atoms with Gasteiger partial charge in [0.25, 0.3) is 0 Å². The molecule has 8 heteroatoms. The maximum Gasteiger partial charge on any atom is 0.165 e. The van der Waals surface area contributed by atoms with Crippen LogP contribution in [-0.4, -0.2) is 39.9 Å². The Bertz CT molecular complexity index is 3840. The number of benzene rings is 6. The molecule has 0 amide bonds. The van der Waals surface area contributed by atoms with Crippen molar-refractivity contribution in [3.63, 3.8) is 0 Å².